The highest BCUT2D eigenvalue weighted by atomic mass is 16.6. The lowest BCUT2D eigenvalue weighted by molar-refractivity contribution is 0.0514. The molecule has 0 aliphatic rings. The van der Waals surface area contributed by atoms with Crippen molar-refractivity contribution >= 4 is 6.09 Å². The number of hydrogen-bond donors (Lipinski definition) is 3. The Bertz CT molecular complexity index is 288. The zero-order chi connectivity index (χ0) is 16.5. The SMILES string of the molecule is CCCC(O)CNCC(CNC(=O)OC(C)(C)C)C(C)C. The number of alkyl carbamates (subject to hydrolysis) is 1. The van der Waals surface area contributed by atoms with Crippen LogP contribution in [0.1, 0.15) is 54.4 Å². The second kappa shape index (κ2) is 10.0. The van der Waals surface area contributed by atoms with Crippen molar-refractivity contribution in [2.45, 2.75) is 66.1 Å². The molecule has 0 aromatic heterocycles. The Hall–Kier alpha value is -0.810. The maximum Gasteiger partial charge on any atom is 0.407 e. The van der Waals surface area contributed by atoms with Gasteiger partial charge in [-0.2, -0.15) is 0 Å². The zero-order valence-corrected chi connectivity index (χ0v) is 14.5. The number of hydrogen-bond acceptors (Lipinski definition) is 4. The van der Waals surface area contributed by atoms with Crippen LogP contribution in [0.25, 0.3) is 0 Å². The van der Waals surface area contributed by atoms with E-state index in [9.17, 15) is 9.90 Å². The summed E-state index contributed by atoms with van der Waals surface area (Å²) in [5.74, 6) is 0.752. The molecule has 0 fully saturated rings. The third kappa shape index (κ3) is 11.5. The number of aliphatic hydroxyl groups is 1. The molecule has 0 spiro atoms. The van der Waals surface area contributed by atoms with E-state index in [1.165, 1.54) is 0 Å². The molecular formula is C16H34N2O3. The first-order chi connectivity index (χ1) is 9.65. The van der Waals surface area contributed by atoms with Crippen molar-refractivity contribution in [1.29, 1.82) is 0 Å². The molecule has 0 saturated heterocycles. The van der Waals surface area contributed by atoms with Gasteiger partial charge in [0.05, 0.1) is 6.10 Å². The average molecular weight is 302 g/mol. The normalized spacial score (nSPS) is 14.9. The zero-order valence-electron chi connectivity index (χ0n) is 14.5. The van der Waals surface area contributed by atoms with Crippen molar-refractivity contribution < 1.29 is 14.6 Å². The molecular weight excluding hydrogens is 268 g/mol. The predicted molar refractivity (Wildman–Crippen MR) is 86.3 cm³/mol. The molecule has 0 aliphatic heterocycles. The summed E-state index contributed by atoms with van der Waals surface area (Å²) < 4.78 is 5.23. The van der Waals surface area contributed by atoms with E-state index in [1.807, 2.05) is 20.8 Å². The second-order valence-electron chi connectivity index (χ2n) is 6.99. The number of rotatable bonds is 9. The van der Waals surface area contributed by atoms with Crippen molar-refractivity contribution in [3.63, 3.8) is 0 Å². The van der Waals surface area contributed by atoms with Crippen LogP contribution in [0.5, 0.6) is 0 Å². The molecule has 5 nitrogen and oxygen atoms in total. The fraction of sp³-hybridized carbons (Fsp3) is 0.938. The van der Waals surface area contributed by atoms with Gasteiger partial charge in [0.1, 0.15) is 5.60 Å². The Balaban J connectivity index is 4.05. The summed E-state index contributed by atoms with van der Waals surface area (Å²) in [4.78, 5) is 11.7. The third-order valence-corrected chi connectivity index (χ3v) is 3.26. The molecule has 5 heteroatoms. The van der Waals surface area contributed by atoms with E-state index in [-0.39, 0.29) is 12.2 Å². The highest BCUT2D eigenvalue weighted by molar-refractivity contribution is 5.67. The van der Waals surface area contributed by atoms with E-state index in [1.54, 1.807) is 0 Å². The molecule has 0 bridgehead atoms. The van der Waals surface area contributed by atoms with Gasteiger partial charge in [0.15, 0.2) is 0 Å². The molecule has 0 aromatic rings. The van der Waals surface area contributed by atoms with Crippen LogP contribution >= 0.6 is 0 Å². The van der Waals surface area contributed by atoms with Crippen LogP contribution < -0.4 is 10.6 Å². The van der Waals surface area contributed by atoms with Crippen LogP contribution in [0.3, 0.4) is 0 Å². The van der Waals surface area contributed by atoms with Crippen LogP contribution in [0.15, 0.2) is 0 Å². The van der Waals surface area contributed by atoms with Gasteiger partial charge < -0.3 is 20.5 Å². The molecule has 2 atom stereocenters. The van der Waals surface area contributed by atoms with E-state index in [0.29, 0.717) is 24.9 Å². The van der Waals surface area contributed by atoms with Gasteiger partial charge in [-0.3, -0.25) is 0 Å². The summed E-state index contributed by atoms with van der Waals surface area (Å²) in [6.07, 6.45) is 1.13. The summed E-state index contributed by atoms with van der Waals surface area (Å²) in [6.45, 7) is 13.8. The molecule has 0 radical (unpaired) electrons. The standard InChI is InChI=1S/C16H34N2O3/c1-7-8-14(19)11-17-9-13(12(2)3)10-18-15(20)21-16(4,5)6/h12-14,17,19H,7-11H2,1-6H3,(H,18,20). The maximum absolute atomic E-state index is 11.7. The van der Waals surface area contributed by atoms with Crippen LogP contribution in [-0.4, -0.2) is 42.5 Å². The van der Waals surface area contributed by atoms with E-state index in [4.69, 9.17) is 4.74 Å². The van der Waals surface area contributed by atoms with Crippen LogP contribution in [-0.2, 0) is 4.74 Å². The first-order valence-corrected chi connectivity index (χ1v) is 8.01. The minimum absolute atomic E-state index is 0.290. The monoisotopic (exact) mass is 302 g/mol. The van der Waals surface area contributed by atoms with E-state index >= 15 is 0 Å². The molecule has 3 N–H and O–H groups in total. The Morgan fingerprint density at radius 3 is 2.29 bits per heavy atom. The minimum Gasteiger partial charge on any atom is -0.444 e. The van der Waals surface area contributed by atoms with Gasteiger partial charge >= 0.3 is 6.09 Å². The van der Waals surface area contributed by atoms with Gasteiger partial charge in [-0.05, 0) is 45.6 Å². The number of carbonyl (C=O) groups excluding carboxylic acids is 1. The van der Waals surface area contributed by atoms with Crippen molar-refractivity contribution in [2.24, 2.45) is 11.8 Å². The quantitative estimate of drug-likeness (QED) is 0.612. The smallest absolute Gasteiger partial charge is 0.407 e. The van der Waals surface area contributed by atoms with Crippen molar-refractivity contribution in [3.05, 3.63) is 0 Å². The number of amides is 1. The van der Waals surface area contributed by atoms with E-state index in [2.05, 4.69) is 31.4 Å². The molecule has 0 heterocycles. The lowest BCUT2D eigenvalue weighted by Crippen LogP contribution is -2.40. The lowest BCUT2D eigenvalue weighted by atomic mass is 9.95. The molecule has 126 valence electrons. The molecule has 0 aliphatic carbocycles. The predicted octanol–water partition coefficient (Wildman–Crippen LogP) is 2.53. The molecule has 0 saturated carbocycles. The van der Waals surface area contributed by atoms with Gasteiger partial charge in [-0.15, -0.1) is 0 Å². The number of ether oxygens (including phenoxy) is 1. The first kappa shape index (κ1) is 20.2. The fourth-order valence-electron chi connectivity index (χ4n) is 1.94. The average Bonchev–Trinajstić information content (AvgIpc) is 2.31. The van der Waals surface area contributed by atoms with Gasteiger partial charge in [-0.25, -0.2) is 4.79 Å². The highest BCUT2D eigenvalue weighted by Gasteiger charge is 2.19. The highest BCUT2D eigenvalue weighted by Crippen LogP contribution is 2.10. The van der Waals surface area contributed by atoms with Crippen LogP contribution in [0.2, 0.25) is 0 Å². The summed E-state index contributed by atoms with van der Waals surface area (Å²) in [5, 5.41) is 15.8. The summed E-state index contributed by atoms with van der Waals surface area (Å²) in [5.41, 5.74) is -0.472. The van der Waals surface area contributed by atoms with Crippen LogP contribution in [0, 0.1) is 11.8 Å². The van der Waals surface area contributed by atoms with Crippen LogP contribution in [0.4, 0.5) is 4.79 Å². The van der Waals surface area contributed by atoms with Crippen molar-refractivity contribution in [1.82, 2.24) is 10.6 Å². The minimum atomic E-state index is -0.472. The summed E-state index contributed by atoms with van der Waals surface area (Å²) in [7, 11) is 0. The fourth-order valence-corrected chi connectivity index (χ4v) is 1.94. The maximum atomic E-state index is 11.7. The third-order valence-electron chi connectivity index (χ3n) is 3.26. The number of aliphatic hydroxyl groups excluding tert-OH is 1. The topological polar surface area (TPSA) is 70.6 Å². The molecule has 0 rings (SSSR count). The molecule has 21 heavy (non-hydrogen) atoms. The van der Waals surface area contributed by atoms with Gasteiger partial charge in [0, 0.05) is 13.1 Å². The molecule has 0 aromatic carbocycles. The number of carbonyl (C=O) groups is 1. The first-order valence-electron chi connectivity index (χ1n) is 8.01. The Morgan fingerprint density at radius 1 is 1.19 bits per heavy atom. The van der Waals surface area contributed by atoms with Gasteiger partial charge in [0.25, 0.3) is 0 Å². The molecule has 2 unspecified atom stereocenters. The van der Waals surface area contributed by atoms with E-state index < -0.39 is 5.60 Å². The largest absolute Gasteiger partial charge is 0.444 e. The molecule has 1 amide bonds. The summed E-state index contributed by atoms with van der Waals surface area (Å²) in [6, 6.07) is 0. The number of nitrogens with one attached hydrogen (secondary N) is 2. The Labute approximate surface area is 129 Å². The van der Waals surface area contributed by atoms with Gasteiger partial charge in [-0.1, -0.05) is 27.2 Å². The Morgan fingerprint density at radius 2 is 1.81 bits per heavy atom. The van der Waals surface area contributed by atoms with Gasteiger partial charge in [0.2, 0.25) is 0 Å². The van der Waals surface area contributed by atoms with E-state index in [0.717, 1.165) is 19.4 Å². The lowest BCUT2D eigenvalue weighted by Gasteiger charge is -2.24. The van der Waals surface area contributed by atoms with Crippen molar-refractivity contribution in [3.8, 4) is 0 Å². The second-order valence-corrected chi connectivity index (χ2v) is 6.99. The Kier molecular flexibility index (Phi) is 9.62. The summed E-state index contributed by atoms with van der Waals surface area (Å²) >= 11 is 0. The van der Waals surface area contributed by atoms with Crippen molar-refractivity contribution in [2.75, 3.05) is 19.6 Å².